The predicted octanol–water partition coefficient (Wildman–Crippen LogP) is 4.70. The first-order valence-corrected chi connectivity index (χ1v) is 7.45. The Kier molecular flexibility index (Phi) is 3.76. The summed E-state index contributed by atoms with van der Waals surface area (Å²) in [7, 11) is 0. The molecule has 0 heterocycles. The molecule has 1 atom stereocenters. The van der Waals surface area contributed by atoms with Gasteiger partial charge in [0.15, 0.2) is 0 Å². The van der Waals surface area contributed by atoms with Crippen LogP contribution in [0, 0.1) is 13.8 Å². The Morgan fingerprint density at radius 1 is 0.810 bits per heavy atom. The minimum Gasteiger partial charge on any atom is -0.324 e. The van der Waals surface area contributed by atoms with E-state index in [1.165, 1.54) is 33.0 Å². The third kappa shape index (κ3) is 2.70. The van der Waals surface area contributed by atoms with Crippen LogP contribution in [0.3, 0.4) is 0 Å². The molecule has 0 aliphatic rings. The van der Waals surface area contributed by atoms with Gasteiger partial charge in [0.25, 0.3) is 0 Å². The molecule has 0 aromatic heterocycles. The Hall–Kier alpha value is -2.12. The van der Waals surface area contributed by atoms with Crippen LogP contribution in [0.4, 0.5) is 0 Å². The van der Waals surface area contributed by atoms with Gasteiger partial charge in [-0.2, -0.15) is 0 Å². The van der Waals surface area contributed by atoms with Crippen LogP contribution in [0.25, 0.3) is 10.8 Å². The van der Waals surface area contributed by atoms with Gasteiger partial charge < -0.3 is 5.73 Å². The van der Waals surface area contributed by atoms with Crippen LogP contribution in [0.15, 0.2) is 60.7 Å². The van der Waals surface area contributed by atoms with Gasteiger partial charge in [0.1, 0.15) is 0 Å². The van der Waals surface area contributed by atoms with Gasteiger partial charge in [0.2, 0.25) is 0 Å². The van der Waals surface area contributed by atoms with Crippen LogP contribution < -0.4 is 5.73 Å². The van der Waals surface area contributed by atoms with Crippen LogP contribution in [0.5, 0.6) is 0 Å². The highest BCUT2D eigenvalue weighted by atomic mass is 14.6. The summed E-state index contributed by atoms with van der Waals surface area (Å²) in [6.07, 6.45) is 0.877. The third-order valence-corrected chi connectivity index (χ3v) is 4.26. The maximum atomic E-state index is 6.56. The van der Waals surface area contributed by atoms with Crippen molar-refractivity contribution < 1.29 is 0 Å². The van der Waals surface area contributed by atoms with Crippen molar-refractivity contribution in [3.05, 3.63) is 82.9 Å². The molecular formula is C20H21N. The minimum atomic E-state index is 0.0252. The summed E-state index contributed by atoms with van der Waals surface area (Å²) in [5.41, 5.74) is 11.8. The Bertz CT molecular complexity index is 774. The summed E-state index contributed by atoms with van der Waals surface area (Å²) in [5, 5.41) is 2.54. The van der Waals surface area contributed by atoms with E-state index < -0.39 is 0 Å². The number of fused-ring (bicyclic) bond motifs is 1. The average molecular weight is 275 g/mol. The van der Waals surface area contributed by atoms with E-state index in [1.807, 2.05) is 0 Å². The zero-order chi connectivity index (χ0) is 14.8. The Balaban J connectivity index is 2.04. The maximum Gasteiger partial charge on any atom is 0.0344 e. The lowest BCUT2D eigenvalue weighted by Gasteiger charge is -2.18. The molecule has 3 rings (SSSR count). The monoisotopic (exact) mass is 275 g/mol. The maximum absolute atomic E-state index is 6.56. The molecule has 0 amide bonds. The van der Waals surface area contributed by atoms with E-state index in [2.05, 4.69) is 74.5 Å². The molecule has 0 fully saturated rings. The fraction of sp³-hybridized carbons (Fsp3) is 0.200. The number of nitrogens with two attached hydrogens (primary N) is 1. The molecular weight excluding hydrogens is 254 g/mol. The van der Waals surface area contributed by atoms with Gasteiger partial charge in [0, 0.05) is 6.04 Å². The number of benzene rings is 3. The van der Waals surface area contributed by atoms with Gasteiger partial charge >= 0.3 is 0 Å². The molecule has 0 bridgehead atoms. The fourth-order valence-electron chi connectivity index (χ4n) is 3.07. The summed E-state index contributed by atoms with van der Waals surface area (Å²) in [6, 6.07) is 21.4. The molecule has 0 aliphatic carbocycles. The van der Waals surface area contributed by atoms with Gasteiger partial charge in [-0.1, -0.05) is 60.7 Å². The molecule has 3 aromatic rings. The quantitative estimate of drug-likeness (QED) is 0.736. The van der Waals surface area contributed by atoms with Crippen LogP contribution >= 0.6 is 0 Å². The van der Waals surface area contributed by atoms with Crippen LogP contribution in [-0.2, 0) is 6.42 Å². The number of hydrogen-bond acceptors (Lipinski definition) is 1. The second kappa shape index (κ2) is 5.71. The average Bonchev–Trinajstić information content (AvgIpc) is 2.49. The lowest BCUT2D eigenvalue weighted by Crippen LogP contribution is -2.15. The minimum absolute atomic E-state index is 0.0252. The van der Waals surface area contributed by atoms with Crippen LogP contribution in [0.2, 0.25) is 0 Å². The lowest BCUT2D eigenvalue weighted by atomic mass is 9.90. The molecule has 0 spiro atoms. The Morgan fingerprint density at radius 3 is 2.33 bits per heavy atom. The van der Waals surface area contributed by atoms with Crippen LogP contribution in [-0.4, -0.2) is 0 Å². The molecule has 2 N–H and O–H groups in total. The largest absolute Gasteiger partial charge is 0.324 e. The SMILES string of the molecule is Cc1ccccc1CC(N)c1c(C)ccc2ccccc12. The first kappa shape index (κ1) is 13.8. The van der Waals surface area contributed by atoms with Gasteiger partial charge in [-0.05, 0) is 53.3 Å². The highest BCUT2D eigenvalue weighted by Gasteiger charge is 2.14. The summed E-state index contributed by atoms with van der Waals surface area (Å²) >= 11 is 0. The number of hydrogen-bond donors (Lipinski definition) is 1. The second-order valence-electron chi connectivity index (χ2n) is 5.75. The summed E-state index contributed by atoms with van der Waals surface area (Å²) in [4.78, 5) is 0. The lowest BCUT2D eigenvalue weighted by molar-refractivity contribution is 0.720. The van der Waals surface area contributed by atoms with Gasteiger partial charge in [-0.3, -0.25) is 0 Å². The summed E-state index contributed by atoms with van der Waals surface area (Å²) < 4.78 is 0. The Morgan fingerprint density at radius 2 is 1.52 bits per heavy atom. The molecule has 1 heteroatoms. The fourth-order valence-corrected chi connectivity index (χ4v) is 3.07. The van der Waals surface area contributed by atoms with E-state index in [1.54, 1.807) is 0 Å². The highest BCUT2D eigenvalue weighted by Crippen LogP contribution is 2.29. The molecule has 1 nitrogen and oxygen atoms in total. The standard InChI is InChI=1S/C20H21N/c1-14-7-3-4-9-17(14)13-19(21)20-15(2)11-12-16-8-5-6-10-18(16)20/h3-12,19H,13,21H2,1-2H3. The van der Waals surface area contributed by atoms with E-state index in [4.69, 9.17) is 5.73 Å². The van der Waals surface area contributed by atoms with Crippen molar-refractivity contribution in [3.63, 3.8) is 0 Å². The number of aryl methyl sites for hydroxylation is 2. The first-order chi connectivity index (χ1) is 10.2. The summed E-state index contributed by atoms with van der Waals surface area (Å²) in [6.45, 7) is 4.30. The van der Waals surface area contributed by atoms with Crippen molar-refractivity contribution in [3.8, 4) is 0 Å². The zero-order valence-corrected chi connectivity index (χ0v) is 12.6. The van der Waals surface area contributed by atoms with Crippen LogP contribution in [0.1, 0.15) is 28.3 Å². The van der Waals surface area contributed by atoms with Crippen molar-refractivity contribution in [2.75, 3.05) is 0 Å². The zero-order valence-electron chi connectivity index (χ0n) is 12.6. The topological polar surface area (TPSA) is 26.0 Å². The molecule has 0 saturated carbocycles. The van der Waals surface area contributed by atoms with E-state index >= 15 is 0 Å². The number of rotatable bonds is 3. The smallest absolute Gasteiger partial charge is 0.0344 e. The Labute approximate surface area is 126 Å². The van der Waals surface area contributed by atoms with Crippen molar-refractivity contribution >= 4 is 10.8 Å². The van der Waals surface area contributed by atoms with E-state index in [0.29, 0.717) is 0 Å². The van der Waals surface area contributed by atoms with E-state index in [9.17, 15) is 0 Å². The van der Waals surface area contributed by atoms with E-state index in [-0.39, 0.29) is 6.04 Å². The van der Waals surface area contributed by atoms with Gasteiger partial charge in [-0.25, -0.2) is 0 Å². The van der Waals surface area contributed by atoms with Gasteiger partial charge in [0.05, 0.1) is 0 Å². The normalized spacial score (nSPS) is 12.5. The molecule has 0 radical (unpaired) electrons. The molecule has 106 valence electrons. The molecule has 3 aromatic carbocycles. The van der Waals surface area contributed by atoms with Crippen molar-refractivity contribution in [2.45, 2.75) is 26.3 Å². The molecule has 1 unspecified atom stereocenters. The molecule has 21 heavy (non-hydrogen) atoms. The van der Waals surface area contributed by atoms with Crippen molar-refractivity contribution in [2.24, 2.45) is 5.73 Å². The third-order valence-electron chi connectivity index (χ3n) is 4.26. The molecule has 0 aliphatic heterocycles. The molecule has 0 saturated heterocycles. The van der Waals surface area contributed by atoms with Crippen molar-refractivity contribution in [1.29, 1.82) is 0 Å². The second-order valence-corrected chi connectivity index (χ2v) is 5.75. The first-order valence-electron chi connectivity index (χ1n) is 7.45. The van der Waals surface area contributed by atoms with Gasteiger partial charge in [-0.15, -0.1) is 0 Å². The van der Waals surface area contributed by atoms with Crippen molar-refractivity contribution in [1.82, 2.24) is 0 Å². The predicted molar refractivity (Wildman–Crippen MR) is 90.5 cm³/mol. The van der Waals surface area contributed by atoms with E-state index in [0.717, 1.165) is 6.42 Å². The summed E-state index contributed by atoms with van der Waals surface area (Å²) in [5.74, 6) is 0. The highest BCUT2D eigenvalue weighted by molar-refractivity contribution is 5.87.